The van der Waals surface area contributed by atoms with E-state index in [-0.39, 0.29) is 5.54 Å². The third kappa shape index (κ3) is 1.97. The summed E-state index contributed by atoms with van der Waals surface area (Å²) in [6, 6.07) is 8.50. The molecule has 0 radical (unpaired) electrons. The quantitative estimate of drug-likeness (QED) is 0.868. The Bertz CT molecular complexity index is 372. The van der Waals surface area contributed by atoms with E-state index < -0.39 is 0 Å². The van der Waals surface area contributed by atoms with Gasteiger partial charge in [-0.05, 0) is 45.6 Å². The van der Waals surface area contributed by atoms with Crippen LogP contribution >= 0.6 is 11.6 Å². The van der Waals surface area contributed by atoms with Gasteiger partial charge < -0.3 is 10.2 Å². The van der Waals surface area contributed by atoms with Crippen molar-refractivity contribution in [2.24, 2.45) is 0 Å². The second kappa shape index (κ2) is 4.36. The van der Waals surface area contributed by atoms with Crippen molar-refractivity contribution < 1.29 is 0 Å². The van der Waals surface area contributed by atoms with Crippen molar-refractivity contribution in [3.63, 3.8) is 0 Å². The number of likely N-dealkylation sites (N-methyl/N-ethyl adjacent to an activating group) is 2. The molecule has 1 aliphatic rings. The average Bonchev–Trinajstić information content (AvgIpc) is 3.02. The molecule has 1 aromatic carbocycles. The summed E-state index contributed by atoms with van der Waals surface area (Å²) in [6.07, 6.45) is 2.44. The zero-order valence-corrected chi connectivity index (χ0v) is 10.9. The molecule has 2 nitrogen and oxygen atoms in total. The molecule has 16 heavy (non-hydrogen) atoms. The SMILES string of the molecule is CNC1(C(c2ccccc2Cl)N(C)C)CC1. The molecule has 1 unspecified atom stereocenters. The molecule has 1 aromatic rings. The van der Waals surface area contributed by atoms with Gasteiger partial charge in [0.2, 0.25) is 0 Å². The Morgan fingerprint density at radius 3 is 2.38 bits per heavy atom. The van der Waals surface area contributed by atoms with Gasteiger partial charge in [0.15, 0.2) is 0 Å². The van der Waals surface area contributed by atoms with Crippen LogP contribution in [0, 0.1) is 0 Å². The Kier molecular flexibility index (Phi) is 3.24. The average molecular weight is 239 g/mol. The van der Waals surface area contributed by atoms with Crippen molar-refractivity contribution in [1.82, 2.24) is 10.2 Å². The fourth-order valence-electron chi connectivity index (χ4n) is 2.56. The van der Waals surface area contributed by atoms with Crippen LogP contribution < -0.4 is 5.32 Å². The summed E-state index contributed by atoms with van der Waals surface area (Å²) in [6.45, 7) is 0. The van der Waals surface area contributed by atoms with Gasteiger partial charge in [-0.3, -0.25) is 0 Å². The summed E-state index contributed by atoms with van der Waals surface area (Å²) in [7, 11) is 6.27. The van der Waals surface area contributed by atoms with Gasteiger partial charge in [-0.2, -0.15) is 0 Å². The second-order valence-corrected chi connectivity index (χ2v) is 5.20. The number of benzene rings is 1. The first-order chi connectivity index (χ1) is 7.60. The van der Waals surface area contributed by atoms with Gasteiger partial charge in [0.05, 0.1) is 6.04 Å². The third-order valence-electron chi connectivity index (χ3n) is 3.53. The zero-order chi connectivity index (χ0) is 11.8. The van der Waals surface area contributed by atoms with Gasteiger partial charge in [0.25, 0.3) is 0 Å². The van der Waals surface area contributed by atoms with Crippen LogP contribution in [0.4, 0.5) is 0 Å². The lowest BCUT2D eigenvalue weighted by atomic mass is 9.96. The maximum absolute atomic E-state index is 6.30. The van der Waals surface area contributed by atoms with Gasteiger partial charge in [0, 0.05) is 10.6 Å². The molecule has 2 rings (SSSR count). The smallest absolute Gasteiger partial charge is 0.0539 e. The molecule has 0 bridgehead atoms. The molecule has 88 valence electrons. The lowest BCUT2D eigenvalue weighted by Gasteiger charge is -2.33. The molecule has 0 saturated heterocycles. The van der Waals surface area contributed by atoms with Gasteiger partial charge in [0.1, 0.15) is 0 Å². The minimum atomic E-state index is 0.217. The van der Waals surface area contributed by atoms with E-state index in [1.165, 1.54) is 18.4 Å². The second-order valence-electron chi connectivity index (χ2n) is 4.79. The summed E-state index contributed by atoms with van der Waals surface area (Å²) >= 11 is 6.30. The molecule has 1 fully saturated rings. The monoisotopic (exact) mass is 238 g/mol. The van der Waals surface area contributed by atoms with Crippen LogP contribution in [0.1, 0.15) is 24.4 Å². The largest absolute Gasteiger partial charge is 0.313 e. The number of nitrogens with one attached hydrogen (secondary N) is 1. The van der Waals surface area contributed by atoms with E-state index in [1.54, 1.807) is 0 Å². The first-order valence-electron chi connectivity index (χ1n) is 5.70. The van der Waals surface area contributed by atoms with E-state index in [1.807, 2.05) is 19.2 Å². The van der Waals surface area contributed by atoms with E-state index >= 15 is 0 Å². The lowest BCUT2D eigenvalue weighted by Crippen LogP contribution is -2.41. The molecule has 0 spiro atoms. The maximum atomic E-state index is 6.30. The number of halogens is 1. The Morgan fingerprint density at radius 2 is 1.94 bits per heavy atom. The number of rotatable bonds is 4. The summed E-state index contributed by atoms with van der Waals surface area (Å²) in [5.74, 6) is 0. The van der Waals surface area contributed by atoms with Crippen LogP contribution in [-0.2, 0) is 0 Å². The fraction of sp³-hybridized carbons (Fsp3) is 0.538. The van der Waals surface area contributed by atoms with Gasteiger partial charge >= 0.3 is 0 Å². The Balaban J connectivity index is 2.38. The molecule has 3 heteroatoms. The van der Waals surface area contributed by atoms with Gasteiger partial charge in [-0.1, -0.05) is 29.8 Å². The molecule has 1 atom stereocenters. The highest BCUT2D eigenvalue weighted by atomic mass is 35.5. The highest BCUT2D eigenvalue weighted by Crippen LogP contribution is 2.49. The Morgan fingerprint density at radius 1 is 1.31 bits per heavy atom. The lowest BCUT2D eigenvalue weighted by molar-refractivity contribution is 0.223. The van der Waals surface area contributed by atoms with Crippen LogP contribution in [0.2, 0.25) is 5.02 Å². The van der Waals surface area contributed by atoms with Crippen molar-refractivity contribution >= 4 is 11.6 Å². The summed E-state index contributed by atoms with van der Waals surface area (Å²) in [5.41, 5.74) is 1.44. The highest BCUT2D eigenvalue weighted by molar-refractivity contribution is 6.31. The van der Waals surface area contributed by atoms with Crippen LogP contribution in [-0.4, -0.2) is 31.6 Å². The number of hydrogen-bond acceptors (Lipinski definition) is 2. The zero-order valence-electron chi connectivity index (χ0n) is 10.1. The maximum Gasteiger partial charge on any atom is 0.0539 e. The molecule has 1 aliphatic carbocycles. The van der Waals surface area contributed by atoms with Crippen molar-refractivity contribution in [2.45, 2.75) is 24.4 Å². The molecule has 0 aliphatic heterocycles. The van der Waals surface area contributed by atoms with Crippen LogP contribution in [0.5, 0.6) is 0 Å². The van der Waals surface area contributed by atoms with Crippen molar-refractivity contribution in [3.8, 4) is 0 Å². The molecule has 1 N–H and O–H groups in total. The Labute approximate surface area is 103 Å². The van der Waals surface area contributed by atoms with Crippen molar-refractivity contribution in [1.29, 1.82) is 0 Å². The topological polar surface area (TPSA) is 15.3 Å². The summed E-state index contributed by atoms with van der Waals surface area (Å²) < 4.78 is 0. The molecule has 0 amide bonds. The van der Waals surface area contributed by atoms with Crippen LogP contribution in [0.3, 0.4) is 0 Å². The van der Waals surface area contributed by atoms with E-state index in [2.05, 4.69) is 36.4 Å². The van der Waals surface area contributed by atoms with Crippen molar-refractivity contribution in [3.05, 3.63) is 34.9 Å². The van der Waals surface area contributed by atoms with E-state index in [0.29, 0.717) is 6.04 Å². The minimum Gasteiger partial charge on any atom is -0.313 e. The first kappa shape index (κ1) is 11.9. The minimum absolute atomic E-state index is 0.217. The van der Waals surface area contributed by atoms with Crippen LogP contribution in [0.25, 0.3) is 0 Å². The summed E-state index contributed by atoms with van der Waals surface area (Å²) in [5, 5.41) is 4.32. The fourth-order valence-corrected chi connectivity index (χ4v) is 2.80. The van der Waals surface area contributed by atoms with Gasteiger partial charge in [-0.15, -0.1) is 0 Å². The standard InChI is InChI=1S/C13H19ClN2/c1-15-13(8-9-13)12(16(2)3)10-6-4-5-7-11(10)14/h4-7,12,15H,8-9H2,1-3H3. The molecule has 0 heterocycles. The molecule has 1 saturated carbocycles. The predicted octanol–water partition coefficient (Wildman–Crippen LogP) is 2.69. The molecular formula is C13H19ClN2. The number of nitrogens with zero attached hydrogens (tertiary/aromatic N) is 1. The van der Waals surface area contributed by atoms with Gasteiger partial charge in [-0.25, -0.2) is 0 Å². The Hall–Kier alpha value is -0.570. The first-order valence-corrected chi connectivity index (χ1v) is 6.08. The van der Waals surface area contributed by atoms with E-state index in [4.69, 9.17) is 11.6 Å². The number of hydrogen-bond donors (Lipinski definition) is 1. The summed E-state index contributed by atoms with van der Waals surface area (Å²) in [4.78, 5) is 2.25. The normalized spacial score (nSPS) is 19.8. The van der Waals surface area contributed by atoms with E-state index in [9.17, 15) is 0 Å². The predicted molar refractivity (Wildman–Crippen MR) is 68.9 cm³/mol. The third-order valence-corrected chi connectivity index (χ3v) is 3.87. The van der Waals surface area contributed by atoms with E-state index in [0.717, 1.165) is 5.02 Å². The molecule has 0 aromatic heterocycles. The van der Waals surface area contributed by atoms with Crippen molar-refractivity contribution in [2.75, 3.05) is 21.1 Å². The highest BCUT2D eigenvalue weighted by Gasteiger charge is 2.50. The van der Waals surface area contributed by atoms with Crippen LogP contribution in [0.15, 0.2) is 24.3 Å². The molecular weight excluding hydrogens is 220 g/mol.